The van der Waals surface area contributed by atoms with Gasteiger partial charge in [-0.25, -0.2) is 0 Å². The van der Waals surface area contributed by atoms with Crippen LogP contribution in [0.4, 0.5) is 0 Å². The minimum atomic E-state index is -0.332. The molecule has 118 valence electrons. The van der Waals surface area contributed by atoms with Crippen LogP contribution in [0.15, 0.2) is 24.3 Å². The van der Waals surface area contributed by atoms with E-state index >= 15 is 0 Å². The van der Waals surface area contributed by atoms with E-state index in [2.05, 4.69) is 0 Å². The average molecular weight is 321 g/mol. The highest BCUT2D eigenvalue weighted by Gasteiger charge is 2.41. The Labute approximate surface area is 136 Å². The van der Waals surface area contributed by atoms with Gasteiger partial charge in [-0.2, -0.15) is 0 Å². The van der Waals surface area contributed by atoms with Crippen LogP contribution in [0.1, 0.15) is 31.7 Å². The summed E-state index contributed by atoms with van der Waals surface area (Å²) in [6.45, 7) is 3.37. The van der Waals surface area contributed by atoms with Gasteiger partial charge in [-0.3, -0.25) is 9.59 Å². The summed E-state index contributed by atoms with van der Waals surface area (Å²) in [5, 5.41) is 0.688. The van der Waals surface area contributed by atoms with E-state index in [4.69, 9.17) is 11.6 Å². The van der Waals surface area contributed by atoms with Crippen molar-refractivity contribution in [2.75, 3.05) is 13.1 Å². The molecule has 0 aliphatic carbocycles. The lowest BCUT2D eigenvalue weighted by molar-refractivity contribution is -0.152. The number of carbonyl (C=O) groups is 2. The molecule has 2 aliphatic heterocycles. The van der Waals surface area contributed by atoms with E-state index in [1.165, 1.54) is 0 Å². The quantitative estimate of drug-likeness (QED) is 0.858. The van der Waals surface area contributed by atoms with Gasteiger partial charge >= 0.3 is 0 Å². The van der Waals surface area contributed by atoms with Crippen molar-refractivity contribution >= 4 is 23.4 Å². The zero-order valence-corrected chi connectivity index (χ0v) is 13.6. The van der Waals surface area contributed by atoms with Gasteiger partial charge in [0, 0.05) is 30.6 Å². The lowest BCUT2D eigenvalue weighted by Crippen LogP contribution is -2.60. The minimum Gasteiger partial charge on any atom is -0.336 e. The third kappa shape index (κ3) is 2.98. The Morgan fingerprint density at radius 3 is 3.00 bits per heavy atom. The van der Waals surface area contributed by atoms with Crippen LogP contribution in [0.25, 0.3) is 0 Å². The number of halogens is 1. The van der Waals surface area contributed by atoms with Gasteiger partial charge in [0.1, 0.15) is 6.04 Å². The van der Waals surface area contributed by atoms with Gasteiger partial charge in [-0.1, -0.05) is 23.7 Å². The zero-order valence-electron chi connectivity index (χ0n) is 12.8. The lowest BCUT2D eigenvalue weighted by Gasteiger charge is -2.41. The summed E-state index contributed by atoms with van der Waals surface area (Å²) < 4.78 is 0. The standard InChI is InChI=1S/C17H21ClN2O2/c1-12-17(22)19-9-3-6-15(19)11-20(12)16(21)8-7-13-4-2-5-14(18)10-13/h2,4-5,10,12,15H,3,6-9,11H2,1H3/t12-,15+/m0/s1. The minimum absolute atomic E-state index is 0.0624. The lowest BCUT2D eigenvalue weighted by atomic mass is 10.0. The van der Waals surface area contributed by atoms with Crippen LogP contribution in [0.3, 0.4) is 0 Å². The molecule has 2 heterocycles. The van der Waals surface area contributed by atoms with E-state index in [0.717, 1.165) is 24.9 Å². The molecule has 0 N–H and O–H groups in total. The highest BCUT2D eigenvalue weighted by atomic mass is 35.5. The van der Waals surface area contributed by atoms with E-state index in [9.17, 15) is 9.59 Å². The number of fused-ring (bicyclic) bond motifs is 1. The maximum atomic E-state index is 12.5. The molecule has 2 atom stereocenters. The molecular weight excluding hydrogens is 300 g/mol. The fourth-order valence-electron chi connectivity index (χ4n) is 3.48. The van der Waals surface area contributed by atoms with Crippen LogP contribution in [0.2, 0.25) is 5.02 Å². The van der Waals surface area contributed by atoms with Crippen molar-refractivity contribution in [2.24, 2.45) is 0 Å². The van der Waals surface area contributed by atoms with Crippen molar-refractivity contribution in [3.05, 3.63) is 34.9 Å². The molecule has 4 nitrogen and oxygen atoms in total. The van der Waals surface area contributed by atoms with Crippen LogP contribution >= 0.6 is 11.6 Å². The van der Waals surface area contributed by atoms with E-state index in [-0.39, 0.29) is 23.9 Å². The molecule has 2 aliphatic rings. The molecule has 2 saturated heterocycles. The van der Waals surface area contributed by atoms with Crippen molar-refractivity contribution < 1.29 is 9.59 Å². The van der Waals surface area contributed by atoms with Gasteiger partial charge in [0.05, 0.1) is 0 Å². The number of benzene rings is 1. The molecule has 3 rings (SSSR count). The molecule has 22 heavy (non-hydrogen) atoms. The maximum absolute atomic E-state index is 12.5. The monoisotopic (exact) mass is 320 g/mol. The van der Waals surface area contributed by atoms with Gasteiger partial charge in [0.2, 0.25) is 11.8 Å². The number of hydrogen-bond acceptors (Lipinski definition) is 2. The number of nitrogens with zero attached hydrogens (tertiary/aromatic N) is 2. The Bertz CT molecular complexity index is 590. The fourth-order valence-corrected chi connectivity index (χ4v) is 3.69. The van der Waals surface area contributed by atoms with Gasteiger partial charge in [-0.05, 0) is 43.9 Å². The van der Waals surface area contributed by atoms with Crippen molar-refractivity contribution in [2.45, 2.75) is 44.7 Å². The van der Waals surface area contributed by atoms with Crippen LogP contribution < -0.4 is 0 Å². The third-order valence-electron chi connectivity index (χ3n) is 4.73. The van der Waals surface area contributed by atoms with Crippen molar-refractivity contribution in [3.8, 4) is 0 Å². The molecular formula is C17H21ClN2O2. The SMILES string of the molecule is C[C@H]1C(=O)N2CCC[C@@H]2CN1C(=O)CCc1cccc(Cl)c1. The molecule has 1 aromatic carbocycles. The van der Waals surface area contributed by atoms with Crippen LogP contribution in [-0.2, 0) is 16.0 Å². The first-order valence-electron chi connectivity index (χ1n) is 7.90. The van der Waals surface area contributed by atoms with E-state index < -0.39 is 0 Å². The summed E-state index contributed by atoms with van der Waals surface area (Å²) in [6.07, 6.45) is 3.14. The third-order valence-corrected chi connectivity index (χ3v) is 4.96. The molecule has 2 fully saturated rings. The van der Waals surface area contributed by atoms with E-state index in [1.807, 2.05) is 36.1 Å². The molecule has 1 aromatic rings. The Morgan fingerprint density at radius 2 is 2.23 bits per heavy atom. The summed E-state index contributed by atoms with van der Waals surface area (Å²) in [4.78, 5) is 28.6. The highest BCUT2D eigenvalue weighted by molar-refractivity contribution is 6.30. The molecule has 0 spiro atoms. The zero-order chi connectivity index (χ0) is 15.7. The second-order valence-electron chi connectivity index (χ2n) is 6.18. The van der Waals surface area contributed by atoms with Crippen molar-refractivity contribution in [1.29, 1.82) is 0 Å². The molecule has 0 aromatic heterocycles. The molecule has 0 bridgehead atoms. The molecule has 0 saturated carbocycles. The largest absolute Gasteiger partial charge is 0.336 e. The number of aryl methyl sites for hydroxylation is 1. The van der Waals surface area contributed by atoms with E-state index in [1.54, 1.807) is 4.90 Å². The summed E-state index contributed by atoms with van der Waals surface area (Å²) in [5.41, 5.74) is 1.05. The van der Waals surface area contributed by atoms with Crippen molar-refractivity contribution in [1.82, 2.24) is 9.80 Å². The Hall–Kier alpha value is -1.55. The van der Waals surface area contributed by atoms with Crippen molar-refractivity contribution in [3.63, 3.8) is 0 Å². The maximum Gasteiger partial charge on any atom is 0.245 e. The van der Waals surface area contributed by atoms with Gasteiger partial charge in [0.25, 0.3) is 0 Å². The predicted molar refractivity (Wildman–Crippen MR) is 85.7 cm³/mol. The fraction of sp³-hybridized carbons (Fsp3) is 0.529. The molecule has 2 amide bonds. The molecule has 5 heteroatoms. The average Bonchev–Trinajstić information content (AvgIpc) is 2.97. The summed E-state index contributed by atoms with van der Waals surface area (Å²) in [6, 6.07) is 7.47. The predicted octanol–water partition coefficient (Wildman–Crippen LogP) is 2.49. The Balaban J connectivity index is 1.63. The summed E-state index contributed by atoms with van der Waals surface area (Å²) in [7, 11) is 0. The topological polar surface area (TPSA) is 40.6 Å². The first kappa shape index (κ1) is 15.3. The Morgan fingerprint density at radius 1 is 1.41 bits per heavy atom. The van der Waals surface area contributed by atoms with Gasteiger partial charge in [0.15, 0.2) is 0 Å². The first-order chi connectivity index (χ1) is 10.6. The number of hydrogen-bond donors (Lipinski definition) is 0. The highest BCUT2D eigenvalue weighted by Crippen LogP contribution is 2.26. The molecule has 0 radical (unpaired) electrons. The first-order valence-corrected chi connectivity index (χ1v) is 8.28. The summed E-state index contributed by atoms with van der Waals surface area (Å²) >= 11 is 5.97. The normalized spacial score (nSPS) is 24.5. The smallest absolute Gasteiger partial charge is 0.245 e. The number of carbonyl (C=O) groups excluding carboxylic acids is 2. The van der Waals surface area contributed by atoms with Crippen LogP contribution in [0.5, 0.6) is 0 Å². The van der Waals surface area contributed by atoms with Crippen LogP contribution in [-0.4, -0.2) is 46.8 Å². The van der Waals surface area contributed by atoms with Crippen LogP contribution in [0, 0.1) is 0 Å². The van der Waals surface area contributed by atoms with Gasteiger partial charge < -0.3 is 9.80 Å². The Kier molecular flexibility index (Phi) is 4.39. The van der Waals surface area contributed by atoms with Gasteiger partial charge in [-0.15, -0.1) is 0 Å². The van der Waals surface area contributed by atoms with E-state index in [0.29, 0.717) is 24.4 Å². The second-order valence-corrected chi connectivity index (χ2v) is 6.62. The number of rotatable bonds is 3. The number of piperazine rings is 1. The summed E-state index contributed by atoms with van der Waals surface area (Å²) in [5.74, 6) is 0.164. The molecule has 0 unspecified atom stereocenters. The second kappa shape index (κ2) is 6.29. The number of amides is 2.